The van der Waals surface area contributed by atoms with Gasteiger partial charge in [0.2, 0.25) is 0 Å². The SMILES string of the molecule is COc1ccc2[nH]c(SCc3ccccc3N(C)C)nc2c1OC. The van der Waals surface area contributed by atoms with E-state index in [2.05, 4.69) is 53.2 Å². The van der Waals surface area contributed by atoms with Crippen molar-refractivity contribution in [2.75, 3.05) is 33.2 Å². The number of anilines is 1. The third kappa shape index (κ3) is 3.14. The maximum absolute atomic E-state index is 5.45. The Kier molecular flexibility index (Phi) is 4.85. The molecule has 1 N–H and O–H groups in total. The number of nitrogens with zero attached hydrogens (tertiary/aromatic N) is 2. The van der Waals surface area contributed by atoms with Crippen LogP contribution in [0.5, 0.6) is 11.5 Å². The van der Waals surface area contributed by atoms with Crippen LogP contribution in [-0.4, -0.2) is 38.3 Å². The lowest BCUT2D eigenvalue weighted by molar-refractivity contribution is 0.358. The normalized spacial score (nSPS) is 10.8. The van der Waals surface area contributed by atoms with Crippen LogP contribution in [0.15, 0.2) is 41.6 Å². The third-order valence-corrected chi connectivity index (χ3v) is 4.73. The van der Waals surface area contributed by atoms with Gasteiger partial charge in [-0.15, -0.1) is 0 Å². The van der Waals surface area contributed by atoms with Gasteiger partial charge in [-0.2, -0.15) is 0 Å². The first kappa shape index (κ1) is 16.5. The third-order valence-electron chi connectivity index (χ3n) is 3.81. The summed E-state index contributed by atoms with van der Waals surface area (Å²) in [6, 6.07) is 12.2. The highest BCUT2D eigenvalue weighted by Crippen LogP contribution is 2.36. The van der Waals surface area contributed by atoms with Gasteiger partial charge in [0.05, 0.1) is 19.7 Å². The molecule has 0 bridgehead atoms. The lowest BCUT2D eigenvalue weighted by atomic mass is 10.2. The van der Waals surface area contributed by atoms with Gasteiger partial charge in [0.15, 0.2) is 16.7 Å². The van der Waals surface area contributed by atoms with E-state index in [1.165, 1.54) is 11.3 Å². The Bertz CT molecular complexity index is 845. The molecular formula is C18H21N3O2S. The molecule has 2 aromatic carbocycles. The van der Waals surface area contributed by atoms with E-state index in [0.717, 1.165) is 21.9 Å². The minimum atomic E-state index is 0.659. The zero-order chi connectivity index (χ0) is 17.1. The second-order valence-electron chi connectivity index (χ2n) is 5.55. The molecule has 0 aliphatic heterocycles. The van der Waals surface area contributed by atoms with Crippen molar-refractivity contribution in [1.82, 2.24) is 9.97 Å². The summed E-state index contributed by atoms with van der Waals surface area (Å²) in [6.45, 7) is 0. The molecule has 6 heteroatoms. The molecule has 126 valence electrons. The van der Waals surface area contributed by atoms with E-state index in [4.69, 9.17) is 9.47 Å². The van der Waals surface area contributed by atoms with Gasteiger partial charge >= 0.3 is 0 Å². The van der Waals surface area contributed by atoms with E-state index in [-0.39, 0.29) is 0 Å². The number of nitrogens with one attached hydrogen (secondary N) is 1. The van der Waals surface area contributed by atoms with E-state index in [1.54, 1.807) is 26.0 Å². The van der Waals surface area contributed by atoms with Crippen LogP contribution in [0.3, 0.4) is 0 Å². The number of imidazole rings is 1. The number of rotatable bonds is 6. The average molecular weight is 343 g/mol. The zero-order valence-electron chi connectivity index (χ0n) is 14.3. The minimum absolute atomic E-state index is 0.659. The molecule has 0 saturated carbocycles. The van der Waals surface area contributed by atoms with Crippen LogP contribution in [0.2, 0.25) is 0 Å². The number of para-hydroxylation sites is 1. The summed E-state index contributed by atoms with van der Waals surface area (Å²) >= 11 is 1.67. The van der Waals surface area contributed by atoms with Gasteiger partial charge in [0.25, 0.3) is 0 Å². The smallest absolute Gasteiger partial charge is 0.188 e. The Labute approximate surface area is 146 Å². The molecule has 1 heterocycles. The van der Waals surface area contributed by atoms with E-state index >= 15 is 0 Å². The fourth-order valence-corrected chi connectivity index (χ4v) is 3.53. The summed E-state index contributed by atoms with van der Waals surface area (Å²) in [5, 5.41) is 0.866. The second-order valence-corrected chi connectivity index (χ2v) is 6.52. The van der Waals surface area contributed by atoms with Gasteiger partial charge < -0.3 is 19.4 Å². The monoisotopic (exact) mass is 343 g/mol. The van der Waals surface area contributed by atoms with Crippen molar-refractivity contribution in [3.05, 3.63) is 42.0 Å². The summed E-state index contributed by atoms with van der Waals surface area (Å²) < 4.78 is 10.8. The topological polar surface area (TPSA) is 50.4 Å². The Morgan fingerprint density at radius 2 is 1.88 bits per heavy atom. The Morgan fingerprint density at radius 3 is 2.58 bits per heavy atom. The number of hydrogen-bond donors (Lipinski definition) is 1. The molecule has 0 fully saturated rings. The number of fused-ring (bicyclic) bond motifs is 1. The van der Waals surface area contributed by atoms with Crippen molar-refractivity contribution in [3.8, 4) is 11.5 Å². The van der Waals surface area contributed by atoms with E-state index in [1.807, 2.05) is 12.1 Å². The number of H-pyrrole nitrogens is 1. The Hall–Kier alpha value is -2.34. The maximum Gasteiger partial charge on any atom is 0.188 e. The summed E-state index contributed by atoms with van der Waals surface area (Å²) in [6.07, 6.45) is 0. The number of ether oxygens (including phenoxy) is 2. The van der Waals surface area contributed by atoms with Crippen LogP contribution in [0, 0.1) is 0 Å². The van der Waals surface area contributed by atoms with Gasteiger partial charge in [-0.05, 0) is 23.8 Å². The van der Waals surface area contributed by atoms with Gasteiger partial charge in [0.1, 0.15) is 5.52 Å². The van der Waals surface area contributed by atoms with E-state index < -0.39 is 0 Å². The van der Waals surface area contributed by atoms with Crippen molar-refractivity contribution in [3.63, 3.8) is 0 Å². The molecule has 0 aliphatic rings. The molecule has 0 amide bonds. The van der Waals surface area contributed by atoms with Crippen molar-refractivity contribution >= 4 is 28.5 Å². The fraction of sp³-hybridized carbons (Fsp3) is 0.278. The molecular weight excluding hydrogens is 322 g/mol. The molecule has 0 saturated heterocycles. The standard InChI is InChI=1S/C18H21N3O2S/c1-21(2)14-8-6-5-7-12(14)11-24-18-19-13-9-10-15(22-3)17(23-4)16(13)20-18/h5-10H,11H2,1-4H3,(H,19,20). The number of hydrogen-bond acceptors (Lipinski definition) is 5. The largest absolute Gasteiger partial charge is 0.493 e. The molecule has 0 atom stereocenters. The first-order valence-corrected chi connectivity index (χ1v) is 8.61. The van der Waals surface area contributed by atoms with Crippen LogP contribution in [0.25, 0.3) is 11.0 Å². The minimum Gasteiger partial charge on any atom is -0.493 e. The number of benzene rings is 2. The number of methoxy groups -OCH3 is 2. The van der Waals surface area contributed by atoms with Crippen molar-refractivity contribution in [2.45, 2.75) is 10.9 Å². The molecule has 0 aliphatic carbocycles. The predicted molar refractivity (Wildman–Crippen MR) is 99.5 cm³/mol. The average Bonchev–Trinajstić information content (AvgIpc) is 3.02. The summed E-state index contributed by atoms with van der Waals surface area (Å²) in [5.41, 5.74) is 4.23. The molecule has 5 nitrogen and oxygen atoms in total. The highest BCUT2D eigenvalue weighted by Gasteiger charge is 2.14. The molecule has 1 aromatic heterocycles. The first-order chi connectivity index (χ1) is 11.6. The summed E-state index contributed by atoms with van der Waals surface area (Å²) in [4.78, 5) is 10.1. The zero-order valence-corrected chi connectivity index (χ0v) is 15.1. The predicted octanol–water partition coefficient (Wildman–Crippen LogP) is 3.94. The number of aromatic nitrogens is 2. The highest BCUT2D eigenvalue weighted by atomic mass is 32.2. The highest BCUT2D eigenvalue weighted by molar-refractivity contribution is 7.98. The van der Waals surface area contributed by atoms with Gasteiger partial charge in [0, 0.05) is 25.5 Å². The van der Waals surface area contributed by atoms with Crippen molar-refractivity contribution < 1.29 is 9.47 Å². The number of thioether (sulfide) groups is 1. The van der Waals surface area contributed by atoms with E-state index in [9.17, 15) is 0 Å². The Balaban J connectivity index is 1.87. The summed E-state index contributed by atoms with van der Waals surface area (Å²) in [7, 11) is 7.37. The first-order valence-electron chi connectivity index (χ1n) is 7.62. The molecule has 0 unspecified atom stereocenters. The lowest BCUT2D eigenvalue weighted by Crippen LogP contribution is -2.10. The van der Waals surface area contributed by atoms with Crippen LogP contribution in [0.4, 0.5) is 5.69 Å². The van der Waals surface area contributed by atoms with Crippen LogP contribution in [-0.2, 0) is 5.75 Å². The van der Waals surface area contributed by atoms with Gasteiger partial charge in [-0.3, -0.25) is 0 Å². The molecule has 0 radical (unpaired) electrons. The number of aromatic amines is 1. The fourth-order valence-electron chi connectivity index (χ4n) is 2.65. The van der Waals surface area contributed by atoms with Crippen LogP contribution in [0.1, 0.15) is 5.56 Å². The molecule has 3 rings (SSSR count). The van der Waals surface area contributed by atoms with Crippen LogP contribution >= 0.6 is 11.8 Å². The van der Waals surface area contributed by atoms with Gasteiger partial charge in [-0.25, -0.2) is 4.98 Å². The van der Waals surface area contributed by atoms with E-state index in [0.29, 0.717) is 11.5 Å². The van der Waals surface area contributed by atoms with Crippen molar-refractivity contribution in [1.29, 1.82) is 0 Å². The quantitative estimate of drug-likeness (QED) is 0.687. The van der Waals surface area contributed by atoms with Crippen LogP contribution < -0.4 is 14.4 Å². The second kappa shape index (κ2) is 7.05. The van der Waals surface area contributed by atoms with Gasteiger partial charge in [-0.1, -0.05) is 30.0 Å². The lowest BCUT2D eigenvalue weighted by Gasteiger charge is -2.16. The maximum atomic E-state index is 5.45. The van der Waals surface area contributed by atoms with Crippen molar-refractivity contribution in [2.24, 2.45) is 0 Å². The molecule has 0 spiro atoms. The summed E-state index contributed by atoms with van der Waals surface area (Å²) in [5.74, 6) is 2.19. The molecule has 3 aromatic rings. The Morgan fingerprint density at radius 1 is 1.08 bits per heavy atom. The molecule has 24 heavy (non-hydrogen) atoms.